The number of thioether (sulfide) groups is 1. The van der Waals surface area contributed by atoms with Gasteiger partial charge in [-0.1, -0.05) is 11.3 Å². The van der Waals surface area contributed by atoms with E-state index < -0.39 is 0 Å². The van der Waals surface area contributed by atoms with Crippen LogP contribution in [0.2, 0.25) is 0 Å². The van der Waals surface area contributed by atoms with E-state index in [1.165, 1.54) is 11.8 Å². The van der Waals surface area contributed by atoms with Gasteiger partial charge in [-0.25, -0.2) is 0 Å². The van der Waals surface area contributed by atoms with Crippen molar-refractivity contribution in [2.24, 2.45) is 5.22 Å². The van der Waals surface area contributed by atoms with Crippen molar-refractivity contribution in [2.45, 2.75) is 26.7 Å². The fraction of sp³-hybridized carbons (Fsp3) is 0.389. The number of benzene rings is 1. The molecule has 1 heterocycles. The van der Waals surface area contributed by atoms with Crippen LogP contribution in [-0.4, -0.2) is 35.7 Å². The highest BCUT2D eigenvalue weighted by Crippen LogP contribution is 2.23. The monoisotopic (exact) mass is 388 g/mol. The quantitative estimate of drug-likeness (QED) is 0.393. The number of rotatable bonds is 2. The van der Waals surface area contributed by atoms with Crippen molar-refractivity contribution in [3.63, 3.8) is 0 Å². The van der Waals surface area contributed by atoms with Gasteiger partial charge in [0.1, 0.15) is 0 Å². The molecule has 1 aromatic carbocycles. The summed E-state index contributed by atoms with van der Waals surface area (Å²) < 4.78 is 0. The zero-order chi connectivity index (χ0) is 19.8. The highest BCUT2D eigenvalue weighted by molar-refractivity contribution is 8.14. The first-order valence-electron chi connectivity index (χ1n) is 8.64. The van der Waals surface area contributed by atoms with Crippen molar-refractivity contribution in [2.75, 3.05) is 18.8 Å². The Morgan fingerprint density at radius 1 is 1.11 bits per heavy atom. The van der Waals surface area contributed by atoms with Crippen LogP contribution >= 0.6 is 11.8 Å². The summed E-state index contributed by atoms with van der Waals surface area (Å²) in [5.74, 6) is 0.341. The Morgan fingerprint density at radius 3 is 2.56 bits per heavy atom. The van der Waals surface area contributed by atoms with Gasteiger partial charge in [0.25, 0.3) is 5.91 Å². The Kier molecular flexibility index (Phi) is 7.54. The maximum atomic E-state index is 12.5. The molecule has 0 atom stereocenters. The molecule has 9 heteroatoms. The number of carbonyl (C=O) groups excluding carboxylic acids is 2. The van der Waals surface area contributed by atoms with Crippen LogP contribution in [0.3, 0.4) is 0 Å². The van der Waals surface area contributed by atoms with Crippen LogP contribution in [0.15, 0.2) is 23.4 Å². The number of nitrogens with zero attached hydrogens (tertiary/aromatic N) is 1. The molecule has 27 heavy (non-hydrogen) atoms. The van der Waals surface area contributed by atoms with Crippen molar-refractivity contribution in [1.82, 2.24) is 16.1 Å². The Hall–Kier alpha value is -2.68. The summed E-state index contributed by atoms with van der Waals surface area (Å²) in [7, 11) is 0. The highest BCUT2D eigenvalue weighted by atomic mass is 32.2. The van der Waals surface area contributed by atoms with E-state index in [1.54, 1.807) is 12.1 Å². The summed E-state index contributed by atoms with van der Waals surface area (Å²) in [6.07, 6.45) is 2.62. The van der Waals surface area contributed by atoms with Crippen LogP contribution in [0.4, 0.5) is 0 Å². The highest BCUT2D eigenvalue weighted by Gasteiger charge is 2.15. The molecular formula is C18H24N6O2S. The van der Waals surface area contributed by atoms with Gasteiger partial charge in [-0.2, -0.15) is 5.53 Å². The number of nitrogens with one attached hydrogen (secondary N) is 5. The van der Waals surface area contributed by atoms with E-state index in [0.717, 1.165) is 11.1 Å². The van der Waals surface area contributed by atoms with E-state index in [1.807, 2.05) is 19.9 Å². The number of carbonyl (C=O) groups is 2. The first kappa shape index (κ1) is 20.6. The molecule has 0 saturated carbocycles. The molecule has 0 fully saturated rings. The lowest BCUT2D eigenvalue weighted by Gasteiger charge is -2.15. The van der Waals surface area contributed by atoms with Crippen LogP contribution in [0.1, 0.15) is 39.9 Å². The maximum absolute atomic E-state index is 12.5. The van der Waals surface area contributed by atoms with Crippen molar-refractivity contribution < 1.29 is 9.59 Å². The van der Waals surface area contributed by atoms with Gasteiger partial charge in [0.2, 0.25) is 5.91 Å². The van der Waals surface area contributed by atoms with Gasteiger partial charge in [0, 0.05) is 30.6 Å². The third-order valence-corrected chi connectivity index (χ3v) is 5.02. The lowest BCUT2D eigenvalue weighted by Crippen LogP contribution is -2.35. The summed E-state index contributed by atoms with van der Waals surface area (Å²) in [5.41, 5.74) is 13.2. The fourth-order valence-corrected chi connectivity index (χ4v) is 3.48. The van der Waals surface area contributed by atoms with Gasteiger partial charge in [0.15, 0.2) is 0 Å². The molecule has 1 aromatic rings. The lowest BCUT2D eigenvalue weighted by atomic mass is 9.97. The SMILES string of the molecule is Cc1cc(C)c2cc1C(=O)NCCNC(=O)CCCSC(=N)/C=C/2NN=N. The fourth-order valence-electron chi connectivity index (χ4n) is 2.77. The van der Waals surface area contributed by atoms with E-state index in [-0.39, 0.29) is 11.8 Å². The first-order chi connectivity index (χ1) is 12.9. The summed E-state index contributed by atoms with van der Waals surface area (Å²) in [6.45, 7) is 4.48. The second kappa shape index (κ2) is 9.86. The number of fused-ring (bicyclic) bond motifs is 2. The average Bonchev–Trinajstić information content (AvgIpc) is 2.61. The average molecular weight is 388 g/mol. The molecule has 0 unspecified atom stereocenters. The zero-order valence-corrected chi connectivity index (χ0v) is 16.3. The molecule has 0 aliphatic carbocycles. The summed E-state index contributed by atoms with van der Waals surface area (Å²) >= 11 is 1.32. The van der Waals surface area contributed by atoms with E-state index in [0.29, 0.717) is 53.6 Å². The topological polar surface area (TPSA) is 130 Å². The second-order valence-electron chi connectivity index (χ2n) is 6.19. The van der Waals surface area contributed by atoms with E-state index in [4.69, 9.17) is 10.9 Å². The molecule has 0 spiro atoms. The third kappa shape index (κ3) is 5.92. The Bertz CT molecular complexity index is 790. The normalized spacial score (nSPS) is 18.7. The molecule has 1 aliphatic heterocycles. The zero-order valence-electron chi connectivity index (χ0n) is 15.4. The molecule has 2 rings (SSSR count). The molecule has 0 radical (unpaired) electrons. The molecule has 1 aliphatic rings. The smallest absolute Gasteiger partial charge is 0.251 e. The Labute approximate surface area is 162 Å². The summed E-state index contributed by atoms with van der Waals surface area (Å²) in [6, 6.07) is 3.64. The molecule has 2 amide bonds. The minimum Gasteiger partial charge on any atom is -0.354 e. The van der Waals surface area contributed by atoms with Crippen molar-refractivity contribution in [3.05, 3.63) is 40.5 Å². The van der Waals surface area contributed by atoms with E-state index in [2.05, 4.69) is 21.3 Å². The molecule has 0 saturated heterocycles. The third-order valence-electron chi connectivity index (χ3n) is 4.10. The largest absolute Gasteiger partial charge is 0.354 e. The van der Waals surface area contributed by atoms with Crippen molar-refractivity contribution >= 4 is 34.3 Å². The number of aryl methyl sites for hydroxylation is 2. The summed E-state index contributed by atoms with van der Waals surface area (Å²) in [5, 5.41) is 17.3. The van der Waals surface area contributed by atoms with Crippen LogP contribution < -0.4 is 16.1 Å². The Morgan fingerprint density at radius 2 is 1.81 bits per heavy atom. The van der Waals surface area contributed by atoms with Crippen molar-refractivity contribution in [1.29, 1.82) is 10.9 Å². The van der Waals surface area contributed by atoms with Gasteiger partial charge in [-0.15, -0.1) is 11.8 Å². The number of hydrogen-bond acceptors (Lipinski definition) is 6. The Balaban J connectivity index is 2.42. The van der Waals surface area contributed by atoms with Gasteiger partial charge < -0.3 is 10.6 Å². The summed E-state index contributed by atoms with van der Waals surface area (Å²) in [4.78, 5) is 24.3. The van der Waals surface area contributed by atoms with Gasteiger partial charge in [-0.3, -0.25) is 20.4 Å². The maximum Gasteiger partial charge on any atom is 0.251 e. The van der Waals surface area contributed by atoms with E-state index in [9.17, 15) is 9.59 Å². The predicted octanol–water partition coefficient (Wildman–Crippen LogP) is 2.53. The van der Waals surface area contributed by atoms with Gasteiger partial charge in [-0.05, 0) is 49.3 Å². The van der Waals surface area contributed by atoms with E-state index >= 15 is 0 Å². The molecule has 8 nitrogen and oxygen atoms in total. The van der Waals surface area contributed by atoms with Gasteiger partial charge in [0.05, 0.1) is 10.7 Å². The standard InChI is InChI=1S/C18H24N6O2S/c1-11-8-12(2)14-9-13(11)15(23-24-20)10-16(19)27-7-3-4-17(25)21-5-6-22-18(14)26/h8-10,19H,3-7H2,1-2H3,(H2,20,23)(H,21,25)(H,22,26)/b15-10-,19-16?. The van der Waals surface area contributed by atoms with Crippen LogP contribution in [-0.2, 0) is 4.79 Å². The molecule has 2 bridgehead atoms. The first-order valence-corrected chi connectivity index (χ1v) is 9.63. The molecule has 5 N–H and O–H groups in total. The van der Waals surface area contributed by atoms with Gasteiger partial charge >= 0.3 is 0 Å². The van der Waals surface area contributed by atoms with Crippen LogP contribution in [0.25, 0.3) is 5.70 Å². The van der Waals surface area contributed by atoms with Crippen LogP contribution in [0.5, 0.6) is 0 Å². The number of hydrogen-bond donors (Lipinski definition) is 5. The molecular weight excluding hydrogens is 364 g/mol. The molecule has 144 valence electrons. The van der Waals surface area contributed by atoms with Crippen molar-refractivity contribution in [3.8, 4) is 0 Å². The molecule has 0 aromatic heterocycles. The predicted molar refractivity (Wildman–Crippen MR) is 107 cm³/mol. The lowest BCUT2D eigenvalue weighted by molar-refractivity contribution is -0.121. The van der Waals surface area contributed by atoms with Crippen LogP contribution in [0, 0.1) is 24.8 Å². The second-order valence-corrected chi connectivity index (χ2v) is 7.32. The number of amides is 2. The minimum atomic E-state index is -0.235. The minimum absolute atomic E-state index is 0.0665.